The molecule has 0 unspecified atom stereocenters. The normalized spacial score (nSPS) is 10.9. The van der Waals surface area contributed by atoms with Crippen LogP contribution in [0, 0.1) is 6.92 Å². The van der Waals surface area contributed by atoms with Crippen LogP contribution in [0.1, 0.15) is 18.1 Å². The third kappa shape index (κ3) is 2.09. The molecule has 2 aromatic carbocycles. The maximum Gasteiger partial charge on any atom is 0.213 e. The van der Waals surface area contributed by atoms with E-state index in [0.717, 1.165) is 6.42 Å². The Balaban J connectivity index is 2.24. The molecule has 0 amide bonds. The standard InChI is InChI=1S/C19H20N/c1-4-15-9-11-18-16(13-15)10-12-19(20(18)3)17-8-6-5-7-14(17)2/h5-13H,4H2,1-3H3/q+1. The van der Waals surface area contributed by atoms with Crippen LogP contribution in [0.3, 0.4) is 0 Å². The molecule has 0 radical (unpaired) electrons. The summed E-state index contributed by atoms with van der Waals surface area (Å²) in [5.74, 6) is 0. The van der Waals surface area contributed by atoms with Crippen molar-refractivity contribution >= 4 is 10.9 Å². The first-order valence-corrected chi connectivity index (χ1v) is 7.18. The highest BCUT2D eigenvalue weighted by atomic mass is 14.9. The second-order valence-electron chi connectivity index (χ2n) is 5.34. The minimum atomic E-state index is 1.08. The average Bonchev–Trinajstić information content (AvgIpc) is 2.48. The first-order valence-electron chi connectivity index (χ1n) is 7.18. The molecule has 0 aliphatic heterocycles. The molecular formula is C19H20N+. The van der Waals surface area contributed by atoms with Crippen molar-refractivity contribution in [1.82, 2.24) is 0 Å². The molecule has 0 saturated heterocycles. The number of hydrogen-bond acceptors (Lipinski definition) is 0. The Labute approximate surface area is 120 Å². The van der Waals surface area contributed by atoms with Gasteiger partial charge in [0.2, 0.25) is 11.2 Å². The zero-order valence-electron chi connectivity index (χ0n) is 12.4. The first-order chi connectivity index (χ1) is 9.70. The number of aryl methyl sites for hydroxylation is 3. The molecule has 1 nitrogen and oxygen atoms in total. The summed E-state index contributed by atoms with van der Waals surface area (Å²) in [6.45, 7) is 4.36. The van der Waals surface area contributed by atoms with Crippen molar-refractivity contribution in [2.75, 3.05) is 0 Å². The monoisotopic (exact) mass is 262 g/mol. The number of pyridine rings is 1. The molecule has 3 rings (SSSR count). The van der Waals surface area contributed by atoms with Crippen LogP contribution < -0.4 is 4.57 Å². The van der Waals surface area contributed by atoms with E-state index in [1.54, 1.807) is 0 Å². The molecule has 20 heavy (non-hydrogen) atoms. The Kier molecular flexibility index (Phi) is 3.27. The van der Waals surface area contributed by atoms with Gasteiger partial charge in [0.05, 0.1) is 0 Å². The molecule has 1 aromatic heterocycles. The summed E-state index contributed by atoms with van der Waals surface area (Å²) in [5, 5.41) is 1.31. The van der Waals surface area contributed by atoms with Crippen LogP contribution in [-0.4, -0.2) is 0 Å². The predicted octanol–water partition coefficient (Wildman–Crippen LogP) is 4.20. The van der Waals surface area contributed by atoms with E-state index >= 15 is 0 Å². The fourth-order valence-electron chi connectivity index (χ4n) is 2.80. The van der Waals surface area contributed by atoms with E-state index in [4.69, 9.17) is 0 Å². The van der Waals surface area contributed by atoms with Gasteiger partial charge >= 0.3 is 0 Å². The van der Waals surface area contributed by atoms with E-state index in [9.17, 15) is 0 Å². The molecule has 0 bridgehead atoms. The third-order valence-electron chi connectivity index (χ3n) is 4.06. The lowest BCUT2D eigenvalue weighted by molar-refractivity contribution is -0.633. The molecular weight excluding hydrogens is 242 g/mol. The fourth-order valence-corrected chi connectivity index (χ4v) is 2.80. The highest BCUT2D eigenvalue weighted by Gasteiger charge is 2.15. The van der Waals surface area contributed by atoms with Gasteiger partial charge in [0.1, 0.15) is 7.05 Å². The van der Waals surface area contributed by atoms with E-state index in [1.165, 1.54) is 33.3 Å². The molecule has 100 valence electrons. The van der Waals surface area contributed by atoms with E-state index < -0.39 is 0 Å². The summed E-state index contributed by atoms with van der Waals surface area (Å²) >= 11 is 0. The lowest BCUT2D eigenvalue weighted by atomic mass is 10.0. The zero-order valence-corrected chi connectivity index (χ0v) is 12.4. The number of rotatable bonds is 2. The van der Waals surface area contributed by atoms with Gasteiger partial charge in [-0.3, -0.25) is 0 Å². The molecule has 0 aliphatic rings. The van der Waals surface area contributed by atoms with Crippen molar-refractivity contribution in [3.63, 3.8) is 0 Å². The lowest BCUT2D eigenvalue weighted by Gasteiger charge is -2.07. The zero-order chi connectivity index (χ0) is 14.1. The van der Waals surface area contributed by atoms with Gasteiger partial charge in [0.15, 0.2) is 0 Å². The summed E-state index contributed by atoms with van der Waals surface area (Å²) in [7, 11) is 2.15. The fraction of sp³-hybridized carbons (Fsp3) is 0.211. The van der Waals surface area contributed by atoms with Crippen molar-refractivity contribution in [3.8, 4) is 11.3 Å². The Morgan fingerprint density at radius 1 is 0.950 bits per heavy atom. The molecule has 1 heterocycles. The van der Waals surface area contributed by atoms with Crippen LogP contribution in [0.5, 0.6) is 0 Å². The maximum absolute atomic E-state index is 2.29. The number of nitrogens with zero attached hydrogens (tertiary/aromatic N) is 1. The second-order valence-corrected chi connectivity index (χ2v) is 5.34. The van der Waals surface area contributed by atoms with Crippen molar-refractivity contribution in [2.45, 2.75) is 20.3 Å². The van der Waals surface area contributed by atoms with Crippen molar-refractivity contribution < 1.29 is 4.57 Å². The van der Waals surface area contributed by atoms with Crippen molar-refractivity contribution in [2.24, 2.45) is 7.05 Å². The van der Waals surface area contributed by atoms with Gasteiger partial charge in [-0.25, -0.2) is 0 Å². The molecule has 0 atom stereocenters. The topological polar surface area (TPSA) is 3.88 Å². The number of aromatic nitrogens is 1. The molecule has 0 saturated carbocycles. The van der Waals surface area contributed by atoms with Gasteiger partial charge in [0.25, 0.3) is 0 Å². The van der Waals surface area contributed by atoms with Crippen LogP contribution in [0.2, 0.25) is 0 Å². The summed E-state index contributed by atoms with van der Waals surface area (Å²) < 4.78 is 2.29. The van der Waals surface area contributed by atoms with E-state index in [0.29, 0.717) is 0 Å². The number of fused-ring (bicyclic) bond motifs is 1. The van der Waals surface area contributed by atoms with Gasteiger partial charge in [-0.05, 0) is 42.7 Å². The second kappa shape index (κ2) is 5.09. The van der Waals surface area contributed by atoms with Gasteiger partial charge in [0, 0.05) is 23.1 Å². The van der Waals surface area contributed by atoms with E-state index in [2.05, 4.69) is 80.1 Å². The van der Waals surface area contributed by atoms with Gasteiger partial charge < -0.3 is 0 Å². The van der Waals surface area contributed by atoms with Crippen molar-refractivity contribution in [3.05, 3.63) is 65.7 Å². The summed E-state index contributed by atoms with van der Waals surface area (Å²) in [6.07, 6.45) is 1.08. The molecule has 0 spiro atoms. The number of benzene rings is 2. The molecule has 0 fully saturated rings. The summed E-state index contributed by atoms with van der Waals surface area (Å²) in [5.41, 5.74) is 6.55. The Morgan fingerprint density at radius 2 is 1.75 bits per heavy atom. The van der Waals surface area contributed by atoms with Gasteiger partial charge in [-0.2, -0.15) is 4.57 Å². The van der Waals surface area contributed by atoms with Gasteiger partial charge in [-0.1, -0.05) is 31.2 Å². The van der Waals surface area contributed by atoms with Crippen LogP contribution in [0.4, 0.5) is 0 Å². The highest BCUT2D eigenvalue weighted by Crippen LogP contribution is 2.22. The minimum absolute atomic E-state index is 1.08. The van der Waals surface area contributed by atoms with Crippen molar-refractivity contribution in [1.29, 1.82) is 0 Å². The Hall–Kier alpha value is -2.15. The molecule has 0 aliphatic carbocycles. The Bertz CT molecular complexity index is 772. The third-order valence-corrected chi connectivity index (χ3v) is 4.06. The highest BCUT2D eigenvalue weighted by molar-refractivity contribution is 5.78. The van der Waals surface area contributed by atoms with Crippen LogP contribution >= 0.6 is 0 Å². The van der Waals surface area contributed by atoms with E-state index in [1.807, 2.05) is 0 Å². The van der Waals surface area contributed by atoms with Crippen LogP contribution in [-0.2, 0) is 13.5 Å². The lowest BCUT2D eigenvalue weighted by Crippen LogP contribution is -2.32. The first kappa shape index (κ1) is 12.9. The molecule has 3 aromatic rings. The average molecular weight is 262 g/mol. The van der Waals surface area contributed by atoms with Gasteiger partial charge in [-0.15, -0.1) is 0 Å². The van der Waals surface area contributed by atoms with Crippen LogP contribution in [0.25, 0.3) is 22.2 Å². The number of hydrogen-bond donors (Lipinski definition) is 0. The van der Waals surface area contributed by atoms with E-state index in [-0.39, 0.29) is 0 Å². The summed E-state index contributed by atoms with van der Waals surface area (Å²) in [4.78, 5) is 0. The smallest absolute Gasteiger partial charge is 0.194 e. The summed E-state index contributed by atoms with van der Waals surface area (Å²) in [6, 6.07) is 19.8. The predicted molar refractivity (Wildman–Crippen MR) is 84.7 cm³/mol. The molecule has 0 N–H and O–H groups in total. The quantitative estimate of drug-likeness (QED) is 0.609. The SMILES string of the molecule is CCc1ccc2c(ccc(-c3ccccc3C)[n+]2C)c1. The maximum atomic E-state index is 2.29. The Morgan fingerprint density at radius 3 is 2.50 bits per heavy atom. The minimum Gasteiger partial charge on any atom is -0.194 e. The largest absolute Gasteiger partial charge is 0.213 e. The van der Waals surface area contributed by atoms with Crippen LogP contribution in [0.15, 0.2) is 54.6 Å². The molecule has 1 heteroatoms.